The van der Waals surface area contributed by atoms with Crippen LogP contribution >= 0.6 is 0 Å². The van der Waals surface area contributed by atoms with E-state index in [9.17, 15) is 5.21 Å². The van der Waals surface area contributed by atoms with Gasteiger partial charge in [-0.25, -0.2) is 0 Å². The van der Waals surface area contributed by atoms with Gasteiger partial charge in [0.05, 0.1) is 6.54 Å². The summed E-state index contributed by atoms with van der Waals surface area (Å²) in [6, 6.07) is 11.6. The molecular formula is C17H19N3O. The van der Waals surface area contributed by atoms with Crippen LogP contribution in [0.2, 0.25) is 0 Å². The molecule has 1 aromatic carbocycles. The lowest BCUT2D eigenvalue weighted by atomic mass is 10.2. The van der Waals surface area contributed by atoms with Gasteiger partial charge >= 0.3 is 0 Å². The standard InChI is InChI=1S/C17H19N3O/c1-3-12-20(21,15-6-9-18-10-7-15)16-4-5-17-14(13-16)8-11-19(17)2/h4-11,13H,3,12H2,1-2H3. The van der Waals surface area contributed by atoms with E-state index < -0.39 is 4.65 Å². The van der Waals surface area contributed by atoms with E-state index in [0.717, 1.165) is 28.7 Å². The van der Waals surface area contributed by atoms with Crippen molar-refractivity contribution in [2.45, 2.75) is 13.3 Å². The molecule has 0 aliphatic heterocycles. The highest BCUT2D eigenvalue weighted by atomic mass is 16.5. The first kappa shape index (κ1) is 13.8. The fraction of sp³-hybridized carbons (Fsp3) is 0.235. The normalized spacial score (nSPS) is 14.2. The molecule has 0 aliphatic rings. The molecule has 0 amide bonds. The highest BCUT2D eigenvalue weighted by Crippen LogP contribution is 2.35. The van der Waals surface area contributed by atoms with E-state index >= 15 is 0 Å². The second-order valence-corrected chi connectivity index (χ2v) is 5.34. The summed E-state index contributed by atoms with van der Waals surface area (Å²) < 4.78 is 1.62. The highest BCUT2D eigenvalue weighted by Gasteiger charge is 2.23. The molecule has 0 radical (unpaired) electrons. The van der Waals surface area contributed by atoms with Gasteiger partial charge in [-0.15, -0.1) is 0 Å². The van der Waals surface area contributed by atoms with Crippen molar-refractivity contribution in [2.24, 2.45) is 7.05 Å². The topological polar surface area (TPSA) is 40.9 Å². The zero-order chi connectivity index (χ0) is 14.9. The number of rotatable bonds is 4. The largest absolute Gasteiger partial charge is 0.622 e. The first-order valence-electron chi connectivity index (χ1n) is 7.20. The Morgan fingerprint density at radius 1 is 1.10 bits per heavy atom. The van der Waals surface area contributed by atoms with Crippen molar-refractivity contribution < 1.29 is 0 Å². The molecule has 3 aromatic rings. The number of hydroxylamine groups is 1. The second kappa shape index (κ2) is 5.31. The van der Waals surface area contributed by atoms with Crippen molar-refractivity contribution in [3.05, 3.63) is 60.2 Å². The van der Waals surface area contributed by atoms with E-state index in [0.29, 0.717) is 6.54 Å². The Kier molecular flexibility index (Phi) is 3.49. The SMILES string of the molecule is CCC[N+]([O-])(c1ccncc1)c1ccc2c(ccn2C)c1. The Balaban J connectivity index is 2.14. The Morgan fingerprint density at radius 2 is 1.86 bits per heavy atom. The molecule has 0 bridgehead atoms. The van der Waals surface area contributed by atoms with E-state index in [4.69, 9.17) is 0 Å². The van der Waals surface area contributed by atoms with E-state index in [-0.39, 0.29) is 0 Å². The lowest BCUT2D eigenvalue weighted by Crippen LogP contribution is -2.38. The number of aryl methyl sites for hydroxylation is 1. The first-order chi connectivity index (χ1) is 10.1. The second-order valence-electron chi connectivity index (χ2n) is 5.34. The van der Waals surface area contributed by atoms with Crippen LogP contribution in [0.5, 0.6) is 0 Å². The van der Waals surface area contributed by atoms with E-state index in [1.807, 2.05) is 44.4 Å². The maximum atomic E-state index is 13.5. The van der Waals surface area contributed by atoms with Gasteiger partial charge < -0.3 is 9.77 Å². The molecule has 3 rings (SSSR count). The number of nitrogens with zero attached hydrogens (tertiary/aromatic N) is 3. The van der Waals surface area contributed by atoms with Crippen LogP contribution in [0.1, 0.15) is 13.3 Å². The van der Waals surface area contributed by atoms with Gasteiger partial charge in [0.25, 0.3) is 0 Å². The monoisotopic (exact) mass is 281 g/mol. The van der Waals surface area contributed by atoms with Crippen LogP contribution < -0.4 is 4.65 Å². The molecular weight excluding hydrogens is 262 g/mol. The molecule has 2 aromatic heterocycles. The molecule has 4 heteroatoms. The predicted octanol–water partition coefficient (Wildman–Crippen LogP) is 4.12. The summed E-state index contributed by atoms with van der Waals surface area (Å²) in [5, 5.41) is 14.6. The zero-order valence-electron chi connectivity index (χ0n) is 12.4. The number of pyridine rings is 1. The summed E-state index contributed by atoms with van der Waals surface area (Å²) >= 11 is 0. The lowest BCUT2D eigenvalue weighted by Gasteiger charge is -2.41. The third-order valence-corrected chi connectivity index (χ3v) is 3.90. The molecule has 0 N–H and O–H groups in total. The van der Waals surface area contributed by atoms with Crippen LogP contribution in [0.15, 0.2) is 55.0 Å². The first-order valence-corrected chi connectivity index (χ1v) is 7.20. The van der Waals surface area contributed by atoms with Gasteiger partial charge in [0.2, 0.25) is 0 Å². The van der Waals surface area contributed by atoms with Crippen LogP contribution in [0, 0.1) is 5.21 Å². The van der Waals surface area contributed by atoms with E-state index in [1.165, 1.54) is 0 Å². The summed E-state index contributed by atoms with van der Waals surface area (Å²) in [6.45, 7) is 2.55. The van der Waals surface area contributed by atoms with Crippen molar-refractivity contribution in [3.8, 4) is 0 Å². The molecule has 0 saturated carbocycles. The number of benzene rings is 1. The van der Waals surface area contributed by atoms with Gasteiger partial charge in [-0.3, -0.25) is 9.63 Å². The maximum absolute atomic E-state index is 13.5. The molecule has 0 fully saturated rings. The van der Waals surface area contributed by atoms with Crippen molar-refractivity contribution >= 4 is 22.3 Å². The number of hydrogen-bond donors (Lipinski definition) is 0. The Morgan fingerprint density at radius 3 is 2.57 bits per heavy atom. The quantitative estimate of drug-likeness (QED) is 0.533. The molecule has 0 saturated heterocycles. The van der Waals surface area contributed by atoms with Crippen molar-refractivity contribution in [3.63, 3.8) is 0 Å². The van der Waals surface area contributed by atoms with Gasteiger partial charge in [-0.05, 0) is 18.6 Å². The minimum atomic E-state index is -0.441. The van der Waals surface area contributed by atoms with Crippen molar-refractivity contribution in [1.29, 1.82) is 0 Å². The molecule has 0 spiro atoms. The minimum Gasteiger partial charge on any atom is -0.622 e. The van der Waals surface area contributed by atoms with Gasteiger partial charge in [-0.1, -0.05) is 6.92 Å². The molecule has 1 unspecified atom stereocenters. The van der Waals surface area contributed by atoms with Crippen molar-refractivity contribution in [2.75, 3.05) is 6.54 Å². The third kappa shape index (κ3) is 2.33. The number of fused-ring (bicyclic) bond motifs is 1. The van der Waals surface area contributed by atoms with Crippen molar-refractivity contribution in [1.82, 2.24) is 14.2 Å². The average molecular weight is 281 g/mol. The fourth-order valence-corrected chi connectivity index (χ4v) is 2.80. The Hall–Kier alpha value is -2.17. The van der Waals surface area contributed by atoms with E-state index in [2.05, 4.69) is 9.55 Å². The summed E-state index contributed by atoms with van der Waals surface area (Å²) in [7, 11) is 2.01. The summed E-state index contributed by atoms with van der Waals surface area (Å²) in [4.78, 5) is 4.01. The smallest absolute Gasteiger partial charge is 0.141 e. The van der Waals surface area contributed by atoms with Crippen LogP contribution in [-0.4, -0.2) is 16.1 Å². The lowest BCUT2D eigenvalue weighted by molar-refractivity contribution is 0.501. The number of quaternary nitrogens is 1. The zero-order valence-corrected chi connectivity index (χ0v) is 12.4. The summed E-state index contributed by atoms with van der Waals surface area (Å²) in [5.74, 6) is 0. The van der Waals surface area contributed by atoms with Gasteiger partial charge in [0, 0.05) is 60.8 Å². The molecule has 0 aliphatic carbocycles. The van der Waals surface area contributed by atoms with Crippen LogP contribution in [0.4, 0.5) is 11.4 Å². The number of hydrogen-bond acceptors (Lipinski definition) is 2. The van der Waals surface area contributed by atoms with Crippen LogP contribution in [-0.2, 0) is 7.05 Å². The third-order valence-electron chi connectivity index (χ3n) is 3.90. The number of aromatic nitrogens is 2. The predicted molar refractivity (Wildman–Crippen MR) is 87.1 cm³/mol. The Bertz CT molecular complexity index is 751. The van der Waals surface area contributed by atoms with Crippen LogP contribution in [0.3, 0.4) is 0 Å². The van der Waals surface area contributed by atoms with Gasteiger partial charge in [0.1, 0.15) is 11.4 Å². The van der Waals surface area contributed by atoms with Crippen LogP contribution in [0.25, 0.3) is 10.9 Å². The molecule has 2 heterocycles. The molecule has 108 valence electrons. The van der Waals surface area contributed by atoms with Gasteiger partial charge in [0.15, 0.2) is 0 Å². The highest BCUT2D eigenvalue weighted by molar-refractivity contribution is 5.84. The maximum Gasteiger partial charge on any atom is 0.141 e. The summed E-state index contributed by atoms with van der Waals surface area (Å²) in [5.41, 5.74) is 2.63. The average Bonchev–Trinajstić information content (AvgIpc) is 2.89. The Labute approximate surface area is 124 Å². The summed E-state index contributed by atoms with van der Waals surface area (Å²) in [6.07, 6.45) is 6.19. The molecule has 4 nitrogen and oxygen atoms in total. The van der Waals surface area contributed by atoms with Gasteiger partial charge in [-0.2, -0.15) is 0 Å². The molecule has 21 heavy (non-hydrogen) atoms. The fourth-order valence-electron chi connectivity index (χ4n) is 2.80. The van der Waals surface area contributed by atoms with E-state index in [1.54, 1.807) is 24.5 Å². The molecule has 1 atom stereocenters. The minimum absolute atomic E-state index is 0.441.